The summed E-state index contributed by atoms with van der Waals surface area (Å²) in [4.78, 5) is 28.4. The third kappa shape index (κ3) is 9.53. The molecule has 1 N–H and O–H groups in total. The molecule has 1 aromatic rings. The number of ether oxygens (including phenoxy) is 2. The number of hydrogen-bond acceptors (Lipinski definition) is 6. The van der Waals surface area contributed by atoms with Gasteiger partial charge in [-0.1, -0.05) is 32.8 Å². The lowest BCUT2D eigenvalue weighted by atomic mass is 10.0. The van der Waals surface area contributed by atoms with Gasteiger partial charge in [-0.15, -0.1) is 0 Å². The van der Waals surface area contributed by atoms with Crippen LogP contribution in [0.15, 0.2) is 24.4 Å². The molecule has 0 aliphatic carbocycles. The number of aromatic nitrogens is 1. The number of rotatable bonds is 6. The van der Waals surface area contributed by atoms with Gasteiger partial charge in [0.1, 0.15) is 17.9 Å². The lowest BCUT2D eigenvalue weighted by Gasteiger charge is -2.39. The van der Waals surface area contributed by atoms with Crippen molar-refractivity contribution in [1.29, 1.82) is 0 Å². The lowest BCUT2D eigenvalue weighted by Crippen LogP contribution is -2.58. The van der Waals surface area contributed by atoms with Crippen molar-refractivity contribution in [2.24, 2.45) is 0 Å². The highest BCUT2D eigenvalue weighted by molar-refractivity contribution is 6.74. The molecular formula is C23H36N2O5Si. The van der Waals surface area contributed by atoms with E-state index in [1.165, 1.54) is 6.92 Å². The number of esters is 1. The smallest absolute Gasteiger partial charge is 0.409 e. The minimum Gasteiger partial charge on any atom is -0.462 e. The Kier molecular flexibility index (Phi) is 8.85. The Labute approximate surface area is 187 Å². The van der Waals surface area contributed by atoms with Crippen molar-refractivity contribution in [1.82, 2.24) is 10.3 Å². The van der Waals surface area contributed by atoms with Crippen LogP contribution < -0.4 is 5.32 Å². The van der Waals surface area contributed by atoms with Crippen molar-refractivity contribution in [3.05, 3.63) is 30.1 Å². The first kappa shape index (κ1) is 26.7. The van der Waals surface area contributed by atoms with Gasteiger partial charge in [-0.3, -0.25) is 10.1 Å². The third-order valence-electron chi connectivity index (χ3n) is 4.84. The maximum Gasteiger partial charge on any atom is 0.409 e. The van der Waals surface area contributed by atoms with Gasteiger partial charge in [0, 0.05) is 13.1 Å². The minimum absolute atomic E-state index is 0.0375. The SMILES string of the molecule is CC(=O)OC[C@](C#Cc1ccccn1)(CO[Si](C)(C)C(C)(C)C)NC(=O)OC(C)(C)C. The number of carbonyl (C=O) groups is 2. The molecule has 1 heterocycles. The highest BCUT2D eigenvalue weighted by atomic mass is 28.4. The van der Waals surface area contributed by atoms with Crippen LogP contribution in [0, 0.1) is 11.8 Å². The molecule has 1 amide bonds. The summed E-state index contributed by atoms with van der Waals surface area (Å²) in [6.45, 7) is 17.0. The van der Waals surface area contributed by atoms with Crippen LogP contribution >= 0.6 is 0 Å². The molecule has 1 aromatic heterocycles. The highest BCUT2D eigenvalue weighted by Crippen LogP contribution is 2.37. The number of pyridine rings is 1. The molecule has 8 heteroatoms. The molecule has 0 radical (unpaired) electrons. The number of alkyl carbamates (subject to hydrolysis) is 1. The minimum atomic E-state index is -2.19. The molecule has 0 unspecified atom stereocenters. The predicted octanol–water partition coefficient (Wildman–Crippen LogP) is 4.28. The molecule has 0 spiro atoms. The van der Waals surface area contributed by atoms with Crippen molar-refractivity contribution in [2.75, 3.05) is 13.2 Å². The average molecular weight is 449 g/mol. The fourth-order valence-electron chi connectivity index (χ4n) is 2.08. The van der Waals surface area contributed by atoms with Crippen LogP contribution in [-0.2, 0) is 18.7 Å². The second-order valence-corrected chi connectivity index (χ2v) is 14.8. The summed E-state index contributed by atoms with van der Waals surface area (Å²) in [5, 5.41) is 2.74. The predicted molar refractivity (Wildman–Crippen MR) is 123 cm³/mol. The number of hydrogen-bond donors (Lipinski definition) is 1. The summed E-state index contributed by atoms with van der Waals surface area (Å²) < 4.78 is 17.1. The Bertz CT molecular complexity index is 816. The van der Waals surface area contributed by atoms with E-state index in [4.69, 9.17) is 13.9 Å². The molecule has 0 saturated heterocycles. The van der Waals surface area contributed by atoms with E-state index in [1.54, 1.807) is 39.1 Å². The van der Waals surface area contributed by atoms with Gasteiger partial charge in [0.25, 0.3) is 0 Å². The monoisotopic (exact) mass is 448 g/mol. The fraction of sp³-hybridized carbons (Fsp3) is 0.609. The molecule has 0 saturated carbocycles. The van der Waals surface area contributed by atoms with E-state index in [-0.39, 0.29) is 18.3 Å². The Morgan fingerprint density at radius 1 is 1.10 bits per heavy atom. The van der Waals surface area contributed by atoms with Crippen LogP contribution in [0.4, 0.5) is 4.79 Å². The zero-order chi connectivity index (χ0) is 23.9. The van der Waals surface area contributed by atoms with Crippen LogP contribution in [-0.4, -0.2) is 49.7 Å². The molecule has 1 rings (SSSR count). The van der Waals surface area contributed by atoms with Gasteiger partial charge >= 0.3 is 12.1 Å². The Hall–Kier alpha value is -2.37. The second-order valence-electron chi connectivity index (χ2n) is 10.0. The summed E-state index contributed by atoms with van der Waals surface area (Å²) in [6, 6.07) is 5.36. The summed E-state index contributed by atoms with van der Waals surface area (Å²) in [7, 11) is -2.19. The van der Waals surface area contributed by atoms with Crippen LogP contribution in [0.1, 0.15) is 54.2 Å². The second kappa shape index (κ2) is 10.3. The largest absolute Gasteiger partial charge is 0.462 e. The topological polar surface area (TPSA) is 86.8 Å². The standard InChI is InChI=1S/C23H36N2O5Si/c1-18(26)28-16-23(25-20(27)30-21(2,3)4,14-13-19-12-10-11-15-24-19)17-29-31(8,9)22(5,6)7/h10-12,15H,16-17H2,1-9H3,(H,25,27)/t23-/m1/s1. The molecule has 0 aliphatic heterocycles. The zero-order valence-electron chi connectivity index (χ0n) is 20.2. The zero-order valence-corrected chi connectivity index (χ0v) is 21.2. The van der Waals surface area contributed by atoms with Gasteiger partial charge in [0.05, 0.1) is 6.61 Å². The normalized spacial score (nSPS) is 14.0. The van der Waals surface area contributed by atoms with E-state index < -0.39 is 31.5 Å². The van der Waals surface area contributed by atoms with Crippen LogP contribution in [0.2, 0.25) is 18.1 Å². The van der Waals surface area contributed by atoms with E-state index in [0.29, 0.717) is 5.69 Å². The van der Waals surface area contributed by atoms with Crippen LogP contribution in [0.3, 0.4) is 0 Å². The molecule has 7 nitrogen and oxygen atoms in total. The summed E-state index contributed by atoms with van der Waals surface area (Å²) in [5.74, 6) is 5.52. The molecule has 0 aliphatic rings. The Morgan fingerprint density at radius 2 is 1.74 bits per heavy atom. The van der Waals surface area contributed by atoms with Gasteiger partial charge in [-0.2, -0.15) is 0 Å². The highest BCUT2D eigenvalue weighted by Gasteiger charge is 2.42. The van der Waals surface area contributed by atoms with Crippen molar-refractivity contribution < 1.29 is 23.5 Å². The first-order chi connectivity index (χ1) is 14.1. The van der Waals surface area contributed by atoms with E-state index in [9.17, 15) is 9.59 Å². The molecule has 0 aromatic carbocycles. The lowest BCUT2D eigenvalue weighted by molar-refractivity contribution is -0.142. The number of nitrogens with one attached hydrogen (secondary N) is 1. The maximum absolute atomic E-state index is 12.7. The van der Waals surface area contributed by atoms with Gasteiger partial charge in [-0.25, -0.2) is 9.78 Å². The fourth-order valence-corrected chi connectivity index (χ4v) is 3.12. The van der Waals surface area contributed by atoms with Crippen LogP contribution in [0.25, 0.3) is 0 Å². The average Bonchev–Trinajstić information content (AvgIpc) is 2.61. The van der Waals surface area contributed by atoms with Crippen molar-refractivity contribution in [3.8, 4) is 11.8 Å². The number of nitrogens with zero attached hydrogens (tertiary/aromatic N) is 1. The first-order valence-electron chi connectivity index (χ1n) is 10.3. The molecule has 172 valence electrons. The summed E-state index contributed by atoms with van der Waals surface area (Å²) >= 11 is 0. The van der Waals surface area contributed by atoms with E-state index in [2.05, 4.69) is 56.0 Å². The van der Waals surface area contributed by atoms with Crippen molar-refractivity contribution in [2.45, 2.75) is 77.7 Å². The molecule has 31 heavy (non-hydrogen) atoms. The van der Waals surface area contributed by atoms with E-state index >= 15 is 0 Å². The summed E-state index contributed by atoms with van der Waals surface area (Å²) in [5.41, 5.74) is -1.49. The molecular weight excluding hydrogens is 412 g/mol. The maximum atomic E-state index is 12.7. The first-order valence-corrected chi connectivity index (χ1v) is 13.2. The number of amides is 1. The van der Waals surface area contributed by atoms with Gasteiger partial charge < -0.3 is 13.9 Å². The Balaban J connectivity index is 3.35. The van der Waals surface area contributed by atoms with Crippen molar-refractivity contribution >= 4 is 20.4 Å². The van der Waals surface area contributed by atoms with E-state index in [1.807, 2.05) is 6.07 Å². The molecule has 1 atom stereocenters. The van der Waals surface area contributed by atoms with Crippen molar-refractivity contribution in [3.63, 3.8) is 0 Å². The van der Waals surface area contributed by atoms with Gasteiger partial charge in [-0.05, 0) is 57.0 Å². The van der Waals surface area contributed by atoms with E-state index in [0.717, 1.165) is 0 Å². The Morgan fingerprint density at radius 3 is 2.23 bits per heavy atom. The van der Waals surface area contributed by atoms with Gasteiger partial charge in [0.2, 0.25) is 0 Å². The quantitative estimate of drug-likeness (QED) is 0.397. The number of carbonyl (C=O) groups excluding carboxylic acids is 2. The molecule has 0 fully saturated rings. The van der Waals surface area contributed by atoms with Gasteiger partial charge in [0.15, 0.2) is 13.9 Å². The molecule has 0 bridgehead atoms. The third-order valence-corrected chi connectivity index (χ3v) is 9.32. The van der Waals surface area contributed by atoms with Crippen LogP contribution in [0.5, 0.6) is 0 Å². The summed E-state index contributed by atoms with van der Waals surface area (Å²) in [6.07, 6.45) is 0.958.